The number of benzene rings is 1. The van der Waals surface area contributed by atoms with Gasteiger partial charge in [0.1, 0.15) is 0 Å². The monoisotopic (exact) mass is 352 g/mol. The van der Waals surface area contributed by atoms with E-state index in [-0.39, 0.29) is 12.4 Å². The summed E-state index contributed by atoms with van der Waals surface area (Å²) in [5.41, 5.74) is 7.35. The Morgan fingerprint density at radius 2 is 2.00 bits per heavy atom. The summed E-state index contributed by atoms with van der Waals surface area (Å²) < 4.78 is 1.30. The van der Waals surface area contributed by atoms with E-state index in [1.807, 2.05) is 0 Å². The zero-order valence-corrected chi connectivity index (χ0v) is 12.2. The minimum atomic E-state index is 0. The first-order chi connectivity index (χ1) is 7.24. The van der Waals surface area contributed by atoms with E-state index in [4.69, 9.17) is 5.73 Å². The van der Waals surface area contributed by atoms with Crippen molar-refractivity contribution in [2.45, 2.75) is 25.4 Å². The molecule has 0 unspecified atom stereocenters. The Balaban J connectivity index is 0.00000128. The maximum absolute atomic E-state index is 5.96. The number of hydrogen-bond acceptors (Lipinski definition) is 2. The molecule has 0 aliphatic carbocycles. The maximum Gasteiger partial charge on any atom is 0.0234 e. The SMILES string of the molecule is Cl.N[C@@H]1CCCN(Cc2ccc(I)cc2)C1. The minimum Gasteiger partial charge on any atom is -0.327 e. The van der Waals surface area contributed by atoms with Crippen LogP contribution in [0, 0.1) is 3.57 Å². The van der Waals surface area contributed by atoms with E-state index >= 15 is 0 Å². The highest BCUT2D eigenvalue weighted by Gasteiger charge is 2.16. The molecule has 1 heterocycles. The van der Waals surface area contributed by atoms with Crippen LogP contribution >= 0.6 is 35.0 Å². The molecule has 0 amide bonds. The molecule has 1 fully saturated rings. The van der Waals surface area contributed by atoms with E-state index in [1.54, 1.807) is 0 Å². The highest BCUT2D eigenvalue weighted by atomic mass is 127. The third kappa shape index (κ3) is 4.20. The van der Waals surface area contributed by atoms with Crippen molar-refractivity contribution in [1.29, 1.82) is 0 Å². The largest absolute Gasteiger partial charge is 0.327 e. The Morgan fingerprint density at radius 1 is 1.31 bits per heavy atom. The van der Waals surface area contributed by atoms with Crippen molar-refractivity contribution < 1.29 is 0 Å². The van der Waals surface area contributed by atoms with Crippen LogP contribution in [0.25, 0.3) is 0 Å². The lowest BCUT2D eigenvalue weighted by Crippen LogP contribution is -2.42. The van der Waals surface area contributed by atoms with E-state index in [0.29, 0.717) is 6.04 Å². The molecular formula is C12H18ClIN2. The van der Waals surface area contributed by atoms with Gasteiger partial charge in [-0.3, -0.25) is 4.90 Å². The average Bonchev–Trinajstić information content (AvgIpc) is 2.22. The van der Waals surface area contributed by atoms with Crippen LogP contribution in [-0.2, 0) is 6.54 Å². The van der Waals surface area contributed by atoms with Crippen LogP contribution < -0.4 is 5.73 Å². The van der Waals surface area contributed by atoms with Crippen molar-refractivity contribution in [2.24, 2.45) is 5.73 Å². The Kier molecular flexibility index (Phi) is 6.03. The van der Waals surface area contributed by atoms with Gasteiger partial charge in [0.2, 0.25) is 0 Å². The number of nitrogens with two attached hydrogens (primary N) is 1. The number of hydrogen-bond donors (Lipinski definition) is 1. The van der Waals surface area contributed by atoms with Gasteiger partial charge in [0.15, 0.2) is 0 Å². The van der Waals surface area contributed by atoms with Gasteiger partial charge in [0.25, 0.3) is 0 Å². The van der Waals surface area contributed by atoms with Gasteiger partial charge in [-0.05, 0) is 59.7 Å². The smallest absolute Gasteiger partial charge is 0.0234 e. The van der Waals surface area contributed by atoms with E-state index < -0.39 is 0 Å². The van der Waals surface area contributed by atoms with Crippen molar-refractivity contribution in [2.75, 3.05) is 13.1 Å². The summed E-state index contributed by atoms with van der Waals surface area (Å²) in [7, 11) is 0. The van der Waals surface area contributed by atoms with Crippen LogP contribution in [0.5, 0.6) is 0 Å². The zero-order chi connectivity index (χ0) is 10.7. The summed E-state index contributed by atoms with van der Waals surface area (Å²) in [5.74, 6) is 0. The highest BCUT2D eigenvalue weighted by Crippen LogP contribution is 2.13. The number of nitrogens with zero attached hydrogens (tertiary/aromatic N) is 1. The van der Waals surface area contributed by atoms with Gasteiger partial charge in [-0.25, -0.2) is 0 Å². The molecule has 0 radical (unpaired) electrons. The predicted octanol–water partition coefficient (Wildman–Crippen LogP) is 2.64. The predicted molar refractivity (Wildman–Crippen MR) is 78.9 cm³/mol. The molecule has 16 heavy (non-hydrogen) atoms. The van der Waals surface area contributed by atoms with Crippen LogP contribution in [0.1, 0.15) is 18.4 Å². The second-order valence-corrected chi connectivity index (χ2v) is 5.51. The Labute approximate surface area is 117 Å². The van der Waals surface area contributed by atoms with E-state index in [1.165, 1.54) is 28.5 Å². The summed E-state index contributed by atoms with van der Waals surface area (Å²) in [5, 5.41) is 0. The summed E-state index contributed by atoms with van der Waals surface area (Å²) in [6.07, 6.45) is 2.43. The Hall–Kier alpha value is 0.160. The minimum absolute atomic E-state index is 0. The first-order valence-electron chi connectivity index (χ1n) is 5.46. The van der Waals surface area contributed by atoms with E-state index in [0.717, 1.165) is 13.1 Å². The third-order valence-corrected chi connectivity index (χ3v) is 3.58. The average molecular weight is 353 g/mol. The molecule has 1 atom stereocenters. The quantitative estimate of drug-likeness (QED) is 0.829. The normalized spacial score (nSPS) is 21.5. The fourth-order valence-electron chi connectivity index (χ4n) is 2.08. The van der Waals surface area contributed by atoms with Crippen molar-refractivity contribution >= 4 is 35.0 Å². The number of halogens is 2. The van der Waals surface area contributed by atoms with E-state index in [9.17, 15) is 0 Å². The van der Waals surface area contributed by atoms with Crippen molar-refractivity contribution in [3.63, 3.8) is 0 Å². The second-order valence-electron chi connectivity index (χ2n) is 4.26. The van der Waals surface area contributed by atoms with E-state index in [2.05, 4.69) is 51.8 Å². The van der Waals surface area contributed by atoms with Crippen molar-refractivity contribution in [3.05, 3.63) is 33.4 Å². The molecule has 1 aliphatic heterocycles. The van der Waals surface area contributed by atoms with Gasteiger partial charge in [0, 0.05) is 22.7 Å². The lowest BCUT2D eigenvalue weighted by atomic mass is 10.1. The number of piperidine rings is 1. The van der Waals surface area contributed by atoms with Crippen LogP contribution in [-0.4, -0.2) is 24.0 Å². The van der Waals surface area contributed by atoms with Crippen molar-refractivity contribution in [3.8, 4) is 0 Å². The Morgan fingerprint density at radius 3 is 2.62 bits per heavy atom. The molecule has 2 nitrogen and oxygen atoms in total. The highest BCUT2D eigenvalue weighted by molar-refractivity contribution is 14.1. The molecule has 4 heteroatoms. The van der Waals surface area contributed by atoms with Crippen LogP contribution in [0.2, 0.25) is 0 Å². The molecule has 1 aromatic rings. The Bertz CT molecular complexity index is 315. The van der Waals surface area contributed by atoms with Gasteiger partial charge < -0.3 is 5.73 Å². The zero-order valence-electron chi connectivity index (χ0n) is 9.23. The van der Waals surface area contributed by atoms with Gasteiger partial charge >= 0.3 is 0 Å². The molecule has 1 aromatic carbocycles. The number of likely N-dealkylation sites (tertiary alicyclic amines) is 1. The van der Waals surface area contributed by atoms with Crippen LogP contribution in [0.3, 0.4) is 0 Å². The summed E-state index contributed by atoms with van der Waals surface area (Å²) in [6.45, 7) is 3.29. The lowest BCUT2D eigenvalue weighted by molar-refractivity contribution is 0.201. The molecule has 0 spiro atoms. The molecule has 0 bridgehead atoms. The summed E-state index contributed by atoms with van der Waals surface area (Å²) >= 11 is 2.34. The fraction of sp³-hybridized carbons (Fsp3) is 0.500. The number of rotatable bonds is 2. The molecule has 1 saturated heterocycles. The van der Waals surface area contributed by atoms with Crippen LogP contribution in [0.15, 0.2) is 24.3 Å². The van der Waals surface area contributed by atoms with Gasteiger partial charge in [-0.15, -0.1) is 12.4 Å². The van der Waals surface area contributed by atoms with Gasteiger partial charge in [-0.2, -0.15) is 0 Å². The molecule has 2 rings (SSSR count). The van der Waals surface area contributed by atoms with Crippen molar-refractivity contribution in [1.82, 2.24) is 4.90 Å². The standard InChI is InChI=1S/C12H17IN2.ClH/c13-11-5-3-10(4-6-11)8-15-7-1-2-12(14)9-15;/h3-6,12H,1-2,7-9,14H2;1H/t12-;/m1./s1. The fourth-order valence-corrected chi connectivity index (χ4v) is 2.44. The van der Waals surface area contributed by atoms with Gasteiger partial charge in [-0.1, -0.05) is 12.1 Å². The second kappa shape index (κ2) is 6.79. The van der Waals surface area contributed by atoms with Crippen LogP contribution in [0.4, 0.5) is 0 Å². The third-order valence-electron chi connectivity index (χ3n) is 2.86. The molecule has 0 saturated carbocycles. The topological polar surface area (TPSA) is 29.3 Å². The molecule has 1 aliphatic rings. The molecule has 90 valence electrons. The first kappa shape index (κ1) is 14.2. The first-order valence-corrected chi connectivity index (χ1v) is 6.54. The summed E-state index contributed by atoms with van der Waals surface area (Å²) in [6, 6.07) is 9.13. The molecule has 2 N–H and O–H groups in total. The summed E-state index contributed by atoms with van der Waals surface area (Å²) in [4.78, 5) is 2.45. The lowest BCUT2D eigenvalue weighted by Gasteiger charge is -2.30. The van der Waals surface area contributed by atoms with Gasteiger partial charge in [0.05, 0.1) is 0 Å². The molecule has 0 aromatic heterocycles. The molecular weight excluding hydrogens is 335 g/mol. The maximum atomic E-state index is 5.96.